The van der Waals surface area contributed by atoms with Crippen molar-refractivity contribution in [1.82, 2.24) is 4.98 Å². The van der Waals surface area contributed by atoms with Gasteiger partial charge >= 0.3 is 5.97 Å². The minimum Gasteiger partial charge on any atom is -0.475 e. The quantitative estimate of drug-likeness (QED) is 0.781. The number of amides is 1. The Morgan fingerprint density at radius 1 is 1.61 bits per heavy atom. The fourth-order valence-corrected chi connectivity index (χ4v) is 2.22. The summed E-state index contributed by atoms with van der Waals surface area (Å²) in [7, 11) is 1.32. The maximum Gasteiger partial charge on any atom is 0.316 e. The molecule has 1 amide bonds. The third-order valence-corrected chi connectivity index (χ3v) is 3.38. The van der Waals surface area contributed by atoms with Crippen molar-refractivity contribution in [2.75, 3.05) is 12.4 Å². The van der Waals surface area contributed by atoms with Crippen LogP contribution >= 0.6 is 0 Å². The summed E-state index contributed by atoms with van der Waals surface area (Å²) >= 11 is 0. The molecule has 0 radical (unpaired) electrons. The van der Waals surface area contributed by atoms with Crippen molar-refractivity contribution in [2.45, 2.75) is 18.9 Å². The van der Waals surface area contributed by atoms with Gasteiger partial charge in [-0.15, -0.1) is 0 Å². The molecule has 1 aromatic rings. The SMILES string of the molecule is COC(=O)C1(C2Oc3cccnc3NC2=O)CC1. The average molecular weight is 248 g/mol. The summed E-state index contributed by atoms with van der Waals surface area (Å²) in [5.41, 5.74) is -0.827. The van der Waals surface area contributed by atoms with Crippen molar-refractivity contribution in [3.8, 4) is 5.75 Å². The first-order valence-electron chi connectivity index (χ1n) is 5.68. The van der Waals surface area contributed by atoms with Gasteiger partial charge in [-0.05, 0) is 25.0 Å². The lowest BCUT2D eigenvalue weighted by atomic mass is 9.97. The van der Waals surface area contributed by atoms with Gasteiger partial charge < -0.3 is 14.8 Å². The molecular formula is C12H12N2O4. The molecule has 0 saturated heterocycles. The average Bonchev–Trinajstić information content (AvgIpc) is 3.18. The van der Waals surface area contributed by atoms with Gasteiger partial charge in [0.05, 0.1) is 7.11 Å². The Hall–Kier alpha value is -2.11. The molecule has 1 unspecified atom stereocenters. The van der Waals surface area contributed by atoms with E-state index < -0.39 is 17.5 Å². The van der Waals surface area contributed by atoms with E-state index in [9.17, 15) is 9.59 Å². The van der Waals surface area contributed by atoms with E-state index in [0.717, 1.165) is 0 Å². The van der Waals surface area contributed by atoms with Gasteiger partial charge in [-0.1, -0.05) is 0 Å². The van der Waals surface area contributed by atoms with Gasteiger partial charge in [0.15, 0.2) is 17.7 Å². The zero-order chi connectivity index (χ0) is 12.8. The van der Waals surface area contributed by atoms with Crippen molar-refractivity contribution in [2.24, 2.45) is 5.41 Å². The molecule has 6 heteroatoms. The third kappa shape index (κ3) is 1.45. The van der Waals surface area contributed by atoms with Crippen LogP contribution in [-0.4, -0.2) is 30.1 Å². The number of carbonyl (C=O) groups excluding carboxylic acids is 2. The van der Waals surface area contributed by atoms with Crippen LogP contribution in [0.1, 0.15) is 12.8 Å². The van der Waals surface area contributed by atoms with Crippen molar-refractivity contribution >= 4 is 17.7 Å². The molecule has 1 fully saturated rings. The molecule has 1 aliphatic carbocycles. The number of pyridine rings is 1. The third-order valence-electron chi connectivity index (χ3n) is 3.38. The van der Waals surface area contributed by atoms with Gasteiger partial charge in [0.25, 0.3) is 5.91 Å². The van der Waals surface area contributed by atoms with Gasteiger partial charge in [0.1, 0.15) is 5.41 Å². The summed E-state index contributed by atoms with van der Waals surface area (Å²) in [6.45, 7) is 0. The lowest BCUT2D eigenvalue weighted by Crippen LogP contribution is -2.47. The lowest BCUT2D eigenvalue weighted by Gasteiger charge is -2.29. The molecule has 6 nitrogen and oxygen atoms in total. The number of hydrogen-bond donors (Lipinski definition) is 1. The van der Waals surface area contributed by atoms with E-state index in [2.05, 4.69) is 10.3 Å². The molecule has 18 heavy (non-hydrogen) atoms. The topological polar surface area (TPSA) is 77.5 Å². The van der Waals surface area contributed by atoms with E-state index in [1.54, 1.807) is 18.3 Å². The number of ether oxygens (including phenoxy) is 2. The van der Waals surface area contributed by atoms with E-state index in [-0.39, 0.29) is 5.91 Å². The highest BCUT2D eigenvalue weighted by Crippen LogP contribution is 2.52. The largest absolute Gasteiger partial charge is 0.475 e. The molecule has 1 saturated carbocycles. The fourth-order valence-electron chi connectivity index (χ4n) is 2.22. The zero-order valence-electron chi connectivity index (χ0n) is 9.80. The van der Waals surface area contributed by atoms with Gasteiger partial charge in [-0.2, -0.15) is 0 Å². The fraction of sp³-hybridized carbons (Fsp3) is 0.417. The summed E-state index contributed by atoms with van der Waals surface area (Å²) in [6.07, 6.45) is 1.94. The van der Waals surface area contributed by atoms with E-state index >= 15 is 0 Å². The number of carbonyl (C=O) groups is 2. The van der Waals surface area contributed by atoms with Crippen LogP contribution in [0.2, 0.25) is 0 Å². The molecule has 94 valence electrons. The summed E-state index contributed by atoms with van der Waals surface area (Å²) in [5, 5.41) is 2.65. The van der Waals surface area contributed by atoms with E-state index in [1.165, 1.54) is 7.11 Å². The molecule has 3 rings (SSSR count). The van der Waals surface area contributed by atoms with Crippen LogP contribution in [0.25, 0.3) is 0 Å². The number of nitrogens with zero attached hydrogens (tertiary/aromatic N) is 1. The highest BCUT2D eigenvalue weighted by molar-refractivity contribution is 6.01. The number of fused-ring (bicyclic) bond motifs is 1. The summed E-state index contributed by atoms with van der Waals surface area (Å²) < 4.78 is 10.4. The van der Waals surface area contributed by atoms with Crippen LogP contribution in [0.15, 0.2) is 18.3 Å². The second-order valence-corrected chi connectivity index (χ2v) is 4.49. The maximum absolute atomic E-state index is 12.0. The molecule has 0 spiro atoms. The Morgan fingerprint density at radius 2 is 2.39 bits per heavy atom. The Bertz CT molecular complexity index is 525. The Labute approximate surface area is 103 Å². The molecule has 1 atom stereocenters. The van der Waals surface area contributed by atoms with Crippen molar-refractivity contribution in [1.29, 1.82) is 0 Å². The molecule has 2 heterocycles. The molecule has 2 aliphatic rings. The molecular weight excluding hydrogens is 236 g/mol. The van der Waals surface area contributed by atoms with Gasteiger partial charge in [0.2, 0.25) is 0 Å². The smallest absolute Gasteiger partial charge is 0.316 e. The molecule has 0 aromatic carbocycles. The van der Waals surface area contributed by atoms with Crippen LogP contribution in [0.4, 0.5) is 5.82 Å². The predicted molar refractivity (Wildman–Crippen MR) is 61.0 cm³/mol. The second kappa shape index (κ2) is 3.69. The minimum absolute atomic E-state index is 0.343. The van der Waals surface area contributed by atoms with Crippen molar-refractivity contribution in [3.05, 3.63) is 18.3 Å². The summed E-state index contributed by atoms with van der Waals surface area (Å²) in [5.74, 6) is 0.135. The lowest BCUT2D eigenvalue weighted by molar-refractivity contribution is -0.154. The first-order valence-corrected chi connectivity index (χ1v) is 5.68. The minimum atomic E-state index is -0.832. The van der Waals surface area contributed by atoms with Gasteiger partial charge in [-0.25, -0.2) is 4.98 Å². The first-order chi connectivity index (χ1) is 8.67. The van der Waals surface area contributed by atoms with Crippen molar-refractivity contribution in [3.63, 3.8) is 0 Å². The van der Waals surface area contributed by atoms with E-state index in [1.807, 2.05) is 0 Å². The Kier molecular flexibility index (Phi) is 2.26. The maximum atomic E-state index is 12.0. The highest BCUT2D eigenvalue weighted by Gasteiger charge is 2.62. The van der Waals surface area contributed by atoms with Gasteiger partial charge in [-0.3, -0.25) is 9.59 Å². The number of aromatic nitrogens is 1. The van der Waals surface area contributed by atoms with Crippen LogP contribution in [-0.2, 0) is 14.3 Å². The number of anilines is 1. The summed E-state index contributed by atoms with van der Waals surface area (Å²) in [6, 6.07) is 3.42. The molecule has 1 aliphatic heterocycles. The van der Waals surface area contributed by atoms with Gasteiger partial charge in [0, 0.05) is 6.20 Å². The predicted octanol–water partition coefficient (Wildman–Crippen LogP) is 0.734. The Balaban J connectivity index is 1.92. The van der Waals surface area contributed by atoms with Crippen LogP contribution in [0.5, 0.6) is 5.75 Å². The number of rotatable bonds is 2. The standard InChI is InChI=1S/C12H12N2O4/c1-17-11(16)12(4-5-12)8-10(15)14-9-7(18-8)3-2-6-13-9/h2-3,6,8H,4-5H2,1H3,(H,13,14,15). The molecule has 1 N–H and O–H groups in total. The van der Waals surface area contributed by atoms with E-state index in [4.69, 9.17) is 9.47 Å². The van der Waals surface area contributed by atoms with Crippen LogP contribution < -0.4 is 10.1 Å². The van der Waals surface area contributed by atoms with Crippen molar-refractivity contribution < 1.29 is 19.1 Å². The zero-order valence-corrected chi connectivity index (χ0v) is 9.80. The number of methoxy groups -OCH3 is 1. The normalized spacial score (nSPS) is 23.4. The second-order valence-electron chi connectivity index (χ2n) is 4.49. The van der Waals surface area contributed by atoms with E-state index in [0.29, 0.717) is 24.4 Å². The monoisotopic (exact) mass is 248 g/mol. The number of nitrogens with one attached hydrogen (secondary N) is 1. The van der Waals surface area contributed by atoms with Crippen LogP contribution in [0, 0.1) is 5.41 Å². The molecule has 1 aromatic heterocycles. The van der Waals surface area contributed by atoms with Crippen LogP contribution in [0.3, 0.4) is 0 Å². The number of esters is 1. The Morgan fingerprint density at radius 3 is 3.06 bits per heavy atom. The molecule has 0 bridgehead atoms. The number of hydrogen-bond acceptors (Lipinski definition) is 5. The first kappa shape index (κ1) is 11.0. The summed E-state index contributed by atoms with van der Waals surface area (Å²) in [4.78, 5) is 27.7. The highest BCUT2D eigenvalue weighted by atomic mass is 16.5.